The third-order valence-electron chi connectivity index (χ3n) is 3.37. The zero-order valence-corrected chi connectivity index (χ0v) is 12.3. The summed E-state index contributed by atoms with van der Waals surface area (Å²) in [5, 5.41) is 3.17. The number of benzene rings is 1. The van der Waals surface area contributed by atoms with Gasteiger partial charge in [-0.3, -0.25) is 0 Å². The van der Waals surface area contributed by atoms with E-state index in [9.17, 15) is 0 Å². The van der Waals surface area contributed by atoms with Gasteiger partial charge in [-0.25, -0.2) is 9.97 Å². The van der Waals surface area contributed by atoms with Crippen LogP contribution in [0, 0.1) is 6.92 Å². The lowest BCUT2D eigenvalue weighted by Gasteiger charge is -2.06. The largest absolute Gasteiger partial charge is 0.481 e. The molecule has 0 bridgehead atoms. The number of rotatable bonds is 4. The van der Waals surface area contributed by atoms with E-state index in [1.54, 1.807) is 19.4 Å². The number of hydrogen-bond acceptors (Lipinski definition) is 5. The van der Waals surface area contributed by atoms with E-state index >= 15 is 0 Å². The van der Waals surface area contributed by atoms with Gasteiger partial charge in [0, 0.05) is 19.3 Å². The first-order valence-electron chi connectivity index (χ1n) is 6.70. The molecule has 21 heavy (non-hydrogen) atoms. The molecule has 1 aromatic carbocycles. The maximum atomic E-state index is 5.08. The highest BCUT2D eigenvalue weighted by atomic mass is 16.5. The van der Waals surface area contributed by atoms with Gasteiger partial charge in [-0.15, -0.1) is 0 Å². The van der Waals surface area contributed by atoms with Crippen molar-refractivity contribution in [2.75, 3.05) is 12.4 Å². The summed E-state index contributed by atoms with van der Waals surface area (Å²) in [7, 11) is 3.59. The van der Waals surface area contributed by atoms with Crippen molar-refractivity contribution < 1.29 is 4.74 Å². The van der Waals surface area contributed by atoms with Crippen LogP contribution >= 0.6 is 0 Å². The number of imidazole rings is 1. The van der Waals surface area contributed by atoms with Crippen LogP contribution in [-0.2, 0) is 13.6 Å². The van der Waals surface area contributed by atoms with E-state index in [-0.39, 0.29) is 0 Å². The number of hydrogen-bond donors (Lipinski definition) is 1. The molecule has 0 aliphatic carbocycles. The van der Waals surface area contributed by atoms with Gasteiger partial charge in [0.1, 0.15) is 5.82 Å². The molecule has 0 spiro atoms. The minimum absolute atomic E-state index is 0.526. The van der Waals surface area contributed by atoms with Crippen LogP contribution in [0.3, 0.4) is 0 Å². The van der Waals surface area contributed by atoms with E-state index in [2.05, 4.69) is 50.0 Å². The minimum atomic E-state index is 0.526. The molecule has 1 N–H and O–H groups in total. The van der Waals surface area contributed by atoms with E-state index in [0.29, 0.717) is 18.4 Å². The first-order chi connectivity index (χ1) is 10.2. The van der Waals surface area contributed by atoms with Crippen LogP contribution in [-0.4, -0.2) is 26.6 Å². The second kappa shape index (κ2) is 5.40. The van der Waals surface area contributed by atoms with Gasteiger partial charge in [-0.2, -0.15) is 4.98 Å². The van der Waals surface area contributed by atoms with Crippen LogP contribution in [0.1, 0.15) is 11.4 Å². The highest BCUT2D eigenvalue weighted by Crippen LogP contribution is 2.17. The monoisotopic (exact) mass is 283 g/mol. The maximum Gasteiger partial charge on any atom is 0.226 e. The molecule has 3 aromatic rings. The predicted octanol–water partition coefficient (Wildman–Crippen LogP) is 2.29. The van der Waals surface area contributed by atoms with Crippen molar-refractivity contribution in [3.63, 3.8) is 0 Å². The Morgan fingerprint density at radius 3 is 2.90 bits per heavy atom. The van der Waals surface area contributed by atoms with E-state index < -0.39 is 0 Å². The zero-order valence-electron chi connectivity index (χ0n) is 12.3. The van der Waals surface area contributed by atoms with Crippen LogP contribution in [0.5, 0.6) is 5.88 Å². The van der Waals surface area contributed by atoms with Crippen molar-refractivity contribution in [2.24, 2.45) is 7.05 Å². The molecule has 0 saturated heterocycles. The molecular formula is C15H17N5O. The Labute approximate surface area is 122 Å². The summed E-state index contributed by atoms with van der Waals surface area (Å²) in [5.41, 5.74) is 3.32. The summed E-state index contributed by atoms with van der Waals surface area (Å²) >= 11 is 0. The Hall–Kier alpha value is -2.63. The van der Waals surface area contributed by atoms with Crippen molar-refractivity contribution in [1.29, 1.82) is 0 Å². The van der Waals surface area contributed by atoms with Crippen molar-refractivity contribution in [1.82, 2.24) is 19.5 Å². The van der Waals surface area contributed by atoms with Crippen LogP contribution in [0.25, 0.3) is 11.0 Å². The first kappa shape index (κ1) is 13.4. The van der Waals surface area contributed by atoms with E-state index in [4.69, 9.17) is 4.74 Å². The molecule has 6 heteroatoms. The van der Waals surface area contributed by atoms with Crippen molar-refractivity contribution in [2.45, 2.75) is 13.5 Å². The second-order valence-electron chi connectivity index (χ2n) is 4.86. The Morgan fingerprint density at radius 2 is 2.10 bits per heavy atom. The Morgan fingerprint density at radius 1 is 1.24 bits per heavy atom. The highest BCUT2D eigenvalue weighted by molar-refractivity contribution is 5.76. The third-order valence-corrected chi connectivity index (χ3v) is 3.37. The Bertz CT molecular complexity index is 781. The Kier molecular flexibility index (Phi) is 3.43. The van der Waals surface area contributed by atoms with Gasteiger partial charge in [0.2, 0.25) is 11.8 Å². The summed E-state index contributed by atoms with van der Waals surface area (Å²) < 4.78 is 7.15. The molecule has 6 nitrogen and oxygen atoms in total. The van der Waals surface area contributed by atoms with Crippen LogP contribution in [0.15, 0.2) is 30.5 Å². The van der Waals surface area contributed by atoms with Crippen molar-refractivity contribution in [3.05, 3.63) is 41.9 Å². The van der Waals surface area contributed by atoms with Crippen molar-refractivity contribution in [3.8, 4) is 5.88 Å². The number of ether oxygens (including phenoxy) is 1. The minimum Gasteiger partial charge on any atom is -0.481 e. The molecule has 2 aromatic heterocycles. The highest BCUT2D eigenvalue weighted by Gasteiger charge is 2.08. The number of aromatic nitrogens is 4. The standard InChI is InChI=1S/C15H17N5O/c1-10-4-5-12-11(8-10)18-13(20(12)2)9-17-15-16-7-6-14(19-15)21-3/h4-8H,9H2,1-3H3,(H,16,17,19). The number of aryl methyl sites for hydroxylation is 2. The lowest BCUT2D eigenvalue weighted by atomic mass is 10.2. The number of nitrogens with zero attached hydrogens (tertiary/aromatic N) is 4. The predicted molar refractivity (Wildman–Crippen MR) is 81.4 cm³/mol. The normalized spacial score (nSPS) is 10.8. The van der Waals surface area contributed by atoms with Crippen LogP contribution in [0.2, 0.25) is 0 Å². The molecule has 0 radical (unpaired) electrons. The molecule has 0 amide bonds. The summed E-state index contributed by atoms with van der Waals surface area (Å²) in [6.45, 7) is 2.62. The molecule has 3 rings (SSSR count). The smallest absolute Gasteiger partial charge is 0.226 e. The summed E-state index contributed by atoms with van der Waals surface area (Å²) in [6, 6.07) is 7.97. The number of nitrogens with one attached hydrogen (secondary N) is 1. The van der Waals surface area contributed by atoms with E-state index in [1.165, 1.54) is 5.56 Å². The molecular weight excluding hydrogens is 266 g/mol. The Balaban J connectivity index is 1.83. The molecule has 2 heterocycles. The van der Waals surface area contributed by atoms with Crippen LogP contribution in [0.4, 0.5) is 5.95 Å². The van der Waals surface area contributed by atoms with Gasteiger partial charge in [-0.05, 0) is 24.6 Å². The van der Waals surface area contributed by atoms with Crippen molar-refractivity contribution >= 4 is 17.0 Å². The number of methoxy groups -OCH3 is 1. The number of anilines is 1. The molecule has 108 valence electrons. The maximum absolute atomic E-state index is 5.08. The molecule has 0 fully saturated rings. The van der Waals surface area contributed by atoms with Gasteiger partial charge in [-0.1, -0.05) is 6.07 Å². The molecule has 0 saturated carbocycles. The summed E-state index contributed by atoms with van der Waals surface area (Å²) in [6.07, 6.45) is 1.66. The first-order valence-corrected chi connectivity index (χ1v) is 6.70. The average Bonchev–Trinajstić information content (AvgIpc) is 2.81. The SMILES string of the molecule is COc1ccnc(NCc2nc3cc(C)ccc3n2C)n1. The molecule has 0 aliphatic rings. The lowest BCUT2D eigenvalue weighted by Crippen LogP contribution is -2.08. The van der Waals surface area contributed by atoms with Gasteiger partial charge in [0.05, 0.1) is 24.7 Å². The third kappa shape index (κ3) is 2.65. The fourth-order valence-electron chi connectivity index (χ4n) is 2.22. The molecule has 0 atom stereocenters. The second-order valence-corrected chi connectivity index (χ2v) is 4.86. The molecule has 0 aliphatic heterocycles. The van der Waals surface area contributed by atoms with Gasteiger partial charge in [0.25, 0.3) is 0 Å². The van der Waals surface area contributed by atoms with Crippen LogP contribution < -0.4 is 10.1 Å². The van der Waals surface area contributed by atoms with Gasteiger partial charge in [0.15, 0.2) is 0 Å². The topological polar surface area (TPSA) is 64.9 Å². The van der Waals surface area contributed by atoms with Gasteiger partial charge >= 0.3 is 0 Å². The average molecular weight is 283 g/mol. The summed E-state index contributed by atoms with van der Waals surface area (Å²) in [4.78, 5) is 13.0. The van der Waals surface area contributed by atoms with Gasteiger partial charge < -0.3 is 14.6 Å². The zero-order chi connectivity index (χ0) is 14.8. The summed E-state index contributed by atoms with van der Waals surface area (Å²) in [5.74, 6) is 1.99. The lowest BCUT2D eigenvalue weighted by molar-refractivity contribution is 0.397. The van der Waals surface area contributed by atoms with E-state index in [0.717, 1.165) is 16.9 Å². The molecule has 0 unspecified atom stereocenters. The fraction of sp³-hybridized carbons (Fsp3) is 0.267. The van der Waals surface area contributed by atoms with E-state index in [1.807, 2.05) is 7.05 Å². The fourth-order valence-corrected chi connectivity index (χ4v) is 2.22. The number of fused-ring (bicyclic) bond motifs is 1. The quantitative estimate of drug-likeness (QED) is 0.796.